The predicted molar refractivity (Wildman–Crippen MR) is 57.8 cm³/mol. The lowest BCUT2D eigenvalue weighted by Gasteiger charge is -2.27. The van der Waals surface area contributed by atoms with Crippen molar-refractivity contribution < 1.29 is 14.6 Å². The van der Waals surface area contributed by atoms with Gasteiger partial charge < -0.3 is 19.9 Å². The molecule has 0 aromatic rings. The Morgan fingerprint density at radius 1 is 1.27 bits per heavy atom. The van der Waals surface area contributed by atoms with Gasteiger partial charge in [-0.1, -0.05) is 0 Å². The fourth-order valence-electron chi connectivity index (χ4n) is 1.55. The van der Waals surface area contributed by atoms with Gasteiger partial charge in [0.05, 0.1) is 19.8 Å². The van der Waals surface area contributed by atoms with Gasteiger partial charge in [0.2, 0.25) is 0 Å². The Hall–Kier alpha value is -0.200. The summed E-state index contributed by atoms with van der Waals surface area (Å²) in [5.74, 6) is 0. The van der Waals surface area contributed by atoms with Gasteiger partial charge in [0.15, 0.2) is 6.29 Å². The first-order valence-corrected chi connectivity index (χ1v) is 5.60. The number of nitrogens with one attached hydrogen (secondary N) is 1. The molecular formula is C10H22N2O3. The van der Waals surface area contributed by atoms with Crippen LogP contribution in [0.1, 0.15) is 6.92 Å². The Kier molecular flexibility index (Phi) is 6.87. The summed E-state index contributed by atoms with van der Waals surface area (Å²) in [6.45, 7) is 8.20. The molecule has 1 heterocycles. The number of hydrogen-bond acceptors (Lipinski definition) is 5. The maximum atomic E-state index is 8.55. The maximum Gasteiger partial charge on any atom is 0.154 e. The van der Waals surface area contributed by atoms with E-state index in [1.807, 2.05) is 6.92 Å². The summed E-state index contributed by atoms with van der Waals surface area (Å²) in [6.07, 6.45) is -0.222. The zero-order valence-electron chi connectivity index (χ0n) is 9.45. The first kappa shape index (κ1) is 12.9. The number of hydrogen-bond donors (Lipinski definition) is 2. The van der Waals surface area contributed by atoms with Gasteiger partial charge in [-0.15, -0.1) is 0 Å². The van der Waals surface area contributed by atoms with Crippen LogP contribution in [0.5, 0.6) is 0 Å². The molecular weight excluding hydrogens is 196 g/mol. The van der Waals surface area contributed by atoms with Crippen molar-refractivity contribution in [3.63, 3.8) is 0 Å². The van der Waals surface area contributed by atoms with E-state index in [4.69, 9.17) is 14.6 Å². The monoisotopic (exact) mass is 218 g/mol. The number of piperazine rings is 1. The minimum absolute atomic E-state index is 0.0471. The Labute approximate surface area is 91.3 Å². The molecule has 1 aliphatic heterocycles. The number of nitrogens with zero attached hydrogens (tertiary/aromatic N) is 1. The zero-order valence-corrected chi connectivity index (χ0v) is 9.45. The third-order valence-corrected chi connectivity index (χ3v) is 2.41. The smallest absolute Gasteiger partial charge is 0.154 e. The van der Waals surface area contributed by atoms with E-state index >= 15 is 0 Å². The number of ether oxygens (including phenoxy) is 2. The van der Waals surface area contributed by atoms with E-state index in [0.717, 1.165) is 32.7 Å². The summed E-state index contributed by atoms with van der Waals surface area (Å²) in [5, 5.41) is 11.9. The second-order valence-corrected chi connectivity index (χ2v) is 3.62. The highest BCUT2D eigenvalue weighted by molar-refractivity contribution is 4.66. The Bertz CT molecular complexity index is 152. The van der Waals surface area contributed by atoms with E-state index in [9.17, 15) is 0 Å². The van der Waals surface area contributed by atoms with Crippen molar-refractivity contribution >= 4 is 0 Å². The van der Waals surface area contributed by atoms with Crippen molar-refractivity contribution in [2.75, 3.05) is 52.5 Å². The highest BCUT2D eigenvalue weighted by atomic mass is 16.7. The fourth-order valence-corrected chi connectivity index (χ4v) is 1.55. The molecule has 1 unspecified atom stereocenters. The quantitative estimate of drug-likeness (QED) is 0.551. The Morgan fingerprint density at radius 2 is 1.93 bits per heavy atom. The SMILES string of the molecule is CC(OCCO)OCCN1CCNCC1. The molecule has 0 amide bonds. The molecule has 1 saturated heterocycles. The van der Waals surface area contributed by atoms with Crippen LogP contribution in [0, 0.1) is 0 Å². The average Bonchev–Trinajstić information content (AvgIpc) is 2.28. The van der Waals surface area contributed by atoms with Crippen molar-refractivity contribution in [2.24, 2.45) is 0 Å². The second kappa shape index (κ2) is 8.01. The van der Waals surface area contributed by atoms with Gasteiger partial charge in [-0.3, -0.25) is 4.90 Å². The van der Waals surface area contributed by atoms with Gasteiger partial charge in [-0.05, 0) is 6.92 Å². The minimum atomic E-state index is -0.222. The van der Waals surface area contributed by atoms with E-state index in [1.54, 1.807) is 0 Å². The van der Waals surface area contributed by atoms with Gasteiger partial charge in [-0.25, -0.2) is 0 Å². The largest absolute Gasteiger partial charge is 0.394 e. The van der Waals surface area contributed by atoms with E-state index in [2.05, 4.69) is 10.2 Å². The number of rotatable bonds is 7. The zero-order chi connectivity index (χ0) is 10.9. The van der Waals surface area contributed by atoms with Crippen LogP contribution in [0.15, 0.2) is 0 Å². The number of aliphatic hydroxyl groups excluding tert-OH is 1. The van der Waals surface area contributed by atoms with Gasteiger partial charge in [0.25, 0.3) is 0 Å². The topological polar surface area (TPSA) is 54.0 Å². The van der Waals surface area contributed by atoms with Gasteiger partial charge in [0, 0.05) is 32.7 Å². The molecule has 5 nitrogen and oxygen atoms in total. The van der Waals surface area contributed by atoms with Crippen LogP contribution in [-0.4, -0.2) is 68.8 Å². The summed E-state index contributed by atoms with van der Waals surface area (Å²) in [5.41, 5.74) is 0. The molecule has 1 rings (SSSR count). The first-order chi connectivity index (χ1) is 7.33. The number of aliphatic hydroxyl groups is 1. The summed E-state index contributed by atoms with van der Waals surface area (Å²) in [7, 11) is 0. The van der Waals surface area contributed by atoms with Crippen LogP contribution in [0.25, 0.3) is 0 Å². The van der Waals surface area contributed by atoms with Gasteiger partial charge in [0.1, 0.15) is 0 Å². The summed E-state index contributed by atoms with van der Waals surface area (Å²) in [4.78, 5) is 2.37. The van der Waals surface area contributed by atoms with Crippen LogP contribution in [0.4, 0.5) is 0 Å². The van der Waals surface area contributed by atoms with E-state index in [0.29, 0.717) is 13.2 Å². The molecule has 15 heavy (non-hydrogen) atoms. The van der Waals surface area contributed by atoms with Crippen molar-refractivity contribution in [1.29, 1.82) is 0 Å². The van der Waals surface area contributed by atoms with Crippen LogP contribution in [-0.2, 0) is 9.47 Å². The molecule has 90 valence electrons. The lowest BCUT2D eigenvalue weighted by atomic mass is 10.4. The summed E-state index contributed by atoms with van der Waals surface area (Å²) in [6, 6.07) is 0. The molecule has 0 saturated carbocycles. The molecule has 0 spiro atoms. The van der Waals surface area contributed by atoms with Crippen molar-refractivity contribution in [3.8, 4) is 0 Å². The van der Waals surface area contributed by atoms with Crippen molar-refractivity contribution in [3.05, 3.63) is 0 Å². The lowest BCUT2D eigenvalue weighted by Crippen LogP contribution is -2.44. The van der Waals surface area contributed by atoms with Crippen molar-refractivity contribution in [2.45, 2.75) is 13.2 Å². The highest BCUT2D eigenvalue weighted by Gasteiger charge is 2.09. The van der Waals surface area contributed by atoms with Crippen LogP contribution < -0.4 is 5.32 Å². The first-order valence-electron chi connectivity index (χ1n) is 5.60. The molecule has 2 N–H and O–H groups in total. The van der Waals surface area contributed by atoms with Crippen molar-refractivity contribution in [1.82, 2.24) is 10.2 Å². The molecule has 0 aromatic carbocycles. The normalized spacial score (nSPS) is 20.4. The second-order valence-electron chi connectivity index (χ2n) is 3.62. The van der Waals surface area contributed by atoms with Gasteiger partial charge in [-0.2, -0.15) is 0 Å². The Balaban J connectivity index is 1.94. The lowest BCUT2D eigenvalue weighted by molar-refractivity contribution is -0.138. The third-order valence-electron chi connectivity index (χ3n) is 2.41. The minimum Gasteiger partial charge on any atom is -0.394 e. The van der Waals surface area contributed by atoms with Crippen LogP contribution in [0.2, 0.25) is 0 Å². The summed E-state index contributed by atoms with van der Waals surface area (Å²) >= 11 is 0. The molecule has 0 aliphatic carbocycles. The third kappa shape index (κ3) is 6.06. The van der Waals surface area contributed by atoms with Crippen LogP contribution >= 0.6 is 0 Å². The van der Waals surface area contributed by atoms with Gasteiger partial charge >= 0.3 is 0 Å². The van der Waals surface area contributed by atoms with E-state index < -0.39 is 0 Å². The molecule has 1 atom stereocenters. The predicted octanol–water partition coefficient (Wildman–Crippen LogP) is -0.737. The molecule has 0 aromatic heterocycles. The molecule has 5 heteroatoms. The standard InChI is InChI=1S/C10H22N2O3/c1-10(15-9-7-13)14-8-6-12-4-2-11-3-5-12/h10-11,13H,2-9H2,1H3. The summed E-state index contributed by atoms with van der Waals surface area (Å²) < 4.78 is 10.6. The Morgan fingerprint density at radius 3 is 2.60 bits per heavy atom. The average molecular weight is 218 g/mol. The molecule has 0 bridgehead atoms. The molecule has 0 radical (unpaired) electrons. The van der Waals surface area contributed by atoms with E-state index in [1.165, 1.54) is 0 Å². The maximum absolute atomic E-state index is 8.55. The van der Waals surface area contributed by atoms with E-state index in [-0.39, 0.29) is 12.9 Å². The van der Waals surface area contributed by atoms with Crippen LogP contribution in [0.3, 0.4) is 0 Å². The molecule has 1 fully saturated rings. The highest BCUT2D eigenvalue weighted by Crippen LogP contribution is 1.96. The fraction of sp³-hybridized carbons (Fsp3) is 1.00. The molecule has 1 aliphatic rings.